The molecule has 1 saturated heterocycles. The van der Waals surface area contributed by atoms with Crippen LogP contribution >= 0.6 is 11.6 Å². The standard InChI is InChI=1S/C13H17ClN2O2/c14-12-7-15-5-3-11(12)9-16-6-4-10(8-16)1-2-13(17)18/h3,5,7,10H,1-2,4,6,8-9H2,(H,17,18). The fraction of sp³-hybridized carbons (Fsp3) is 0.538. The molecule has 1 atom stereocenters. The van der Waals surface area contributed by atoms with Gasteiger partial charge in [0.25, 0.3) is 0 Å². The summed E-state index contributed by atoms with van der Waals surface area (Å²) < 4.78 is 0. The summed E-state index contributed by atoms with van der Waals surface area (Å²) in [4.78, 5) is 16.8. The number of hydrogen-bond donors (Lipinski definition) is 1. The summed E-state index contributed by atoms with van der Waals surface area (Å²) in [6, 6.07) is 1.94. The first-order valence-corrected chi connectivity index (χ1v) is 6.55. The van der Waals surface area contributed by atoms with Gasteiger partial charge in [-0.3, -0.25) is 14.7 Å². The van der Waals surface area contributed by atoms with Crippen LogP contribution in [0.25, 0.3) is 0 Å². The Hall–Kier alpha value is -1.13. The number of carbonyl (C=O) groups is 1. The number of halogens is 1. The largest absolute Gasteiger partial charge is 0.481 e. The van der Waals surface area contributed by atoms with Crippen LogP contribution in [0.2, 0.25) is 5.02 Å². The lowest BCUT2D eigenvalue weighted by atomic mass is 10.0. The number of likely N-dealkylation sites (tertiary alicyclic amines) is 1. The van der Waals surface area contributed by atoms with E-state index in [1.807, 2.05) is 6.07 Å². The van der Waals surface area contributed by atoms with Gasteiger partial charge in [-0.15, -0.1) is 0 Å². The van der Waals surface area contributed by atoms with Gasteiger partial charge in [0.05, 0.1) is 5.02 Å². The Labute approximate surface area is 112 Å². The molecule has 5 heteroatoms. The maximum absolute atomic E-state index is 10.5. The predicted octanol–water partition coefficient (Wildman–Crippen LogP) is 2.42. The number of rotatable bonds is 5. The van der Waals surface area contributed by atoms with E-state index in [0.717, 1.165) is 38.0 Å². The number of nitrogens with zero attached hydrogens (tertiary/aromatic N) is 2. The zero-order chi connectivity index (χ0) is 13.0. The van der Waals surface area contributed by atoms with Gasteiger partial charge in [0, 0.05) is 31.9 Å². The highest BCUT2D eigenvalue weighted by Crippen LogP contribution is 2.24. The summed E-state index contributed by atoms with van der Waals surface area (Å²) >= 11 is 6.07. The third-order valence-electron chi connectivity index (χ3n) is 3.39. The van der Waals surface area contributed by atoms with Crippen LogP contribution < -0.4 is 0 Å². The number of aliphatic carboxylic acids is 1. The third kappa shape index (κ3) is 3.68. The van der Waals surface area contributed by atoms with Gasteiger partial charge in [-0.2, -0.15) is 0 Å². The summed E-state index contributed by atoms with van der Waals surface area (Å²) in [5, 5.41) is 9.37. The molecule has 0 saturated carbocycles. The van der Waals surface area contributed by atoms with Crippen LogP contribution in [0.1, 0.15) is 24.8 Å². The lowest BCUT2D eigenvalue weighted by Crippen LogP contribution is -2.20. The highest BCUT2D eigenvalue weighted by atomic mass is 35.5. The van der Waals surface area contributed by atoms with Crippen molar-refractivity contribution in [3.63, 3.8) is 0 Å². The van der Waals surface area contributed by atoms with Crippen LogP contribution in [-0.4, -0.2) is 34.0 Å². The van der Waals surface area contributed by atoms with Gasteiger partial charge in [-0.05, 0) is 36.9 Å². The van der Waals surface area contributed by atoms with Crippen LogP contribution in [-0.2, 0) is 11.3 Å². The molecule has 0 spiro atoms. The van der Waals surface area contributed by atoms with Gasteiger partial charge >= 0.3 is 5.97 Å². The first kappa shape index (κ1) is 13.3. The topological polar surface area (TPSA) is 53.4 Å². The predicted molar refractivity (Wildman–Crippen MR) is 69.5 cm³/mol. The fourth-order valence-corrected chi connectivity index (χ4v) is 2.57. The van der Waals surface area contributed by atoms with Crippen LogP contribution in [0, 0.1) is 5.92 Å². The van der Waals surface area contributed by atoms with Crippen molar-refractivity contribution >= 4 is 17.6 Å². The number of hydrogen-bond acceptors (Lipinski definition) is 3. The normalized spacial score (nSPS) is 20.2. The fourth-order valence-electron chi connectivity index (χ4n) is 2.39. The Morgan fingerprint density at radius 3 is 3.17 bits per heavy atom. The molecular formula is C13H17ClN2O2. The quantitative estimate of drug-likeness (QED) is 0.891. The SMILES string of the molecule is O=C(O)CCC1CCN(Cc2ccncc2Cl)C1. The van der Waals surface area contributed by atoms with E-state index in [9.17, 15) is 4.79 Å². The van der Waals surface area contributed by atoms with Crippen LogP contribution in [0.4, 0.5) is 0 Å². The molecule has 0 aromatic carbocycles. The van der Waals surface area contributed by atoms with Crippen molar-refractivity contribution in [1.82, 2.24) is 9.88 Å². The average Bonchev–Trinajstić information content (AvgIpc) is 2.77. The monoisotopic (exact) mass is 268 g/mol. The van der Waals surface area contributed by atoms with E-state index >= 15 is 0 Å². The molecule has 1 aliphatic rings. The first-order chi connectivity index (χ1) is 8.65. The molecule has 1 N–H and O–H groups in total. The Kier molecular flexibility index (Phi) is 4.55. The Balaban J connectivity index is 1.83. The summed E-state index contributed by atoms with van der Waals surface area (Å²) in [5.74, 6) is -0.202. The maximum atomic E-state index is 10.5. The van der Waals surface area contributed by atoms with Gasteiger partial charge in [-0.25, -0.2) is 0 Å². The smallest absolute Gasteiger partial charge is 0.303 e. The molecule has 1 aliphatic heterocycles. The van der Waals surface area contributed by atoms with Crippen LogP contribution in [0.3, 0.4) is 0 Å². The molecule has 2 heterocycles. The highest BCUT2D eigenvalue weighted by Gasteiger charge is 2.23. The minimum atomic E-state index is -0.703. The highest BCUT2D eigenvalue weighted by molar-refractivity contribution is 6.31. The number of aromatic nitrogens is 1. The second-order valence-electron chi connectivity index (χ2n) is 4.79. The zero-order valence-corrected chi connectivity index (χ0v) is 10.9. The summed E-state index contributed by atoms with van der Waals surface area (Å²) in [6.45, 7) is 2.81. The molecule has 0 bridgehead atoms. The molecule has 1 aromatic rings. The van der Waals surface area contributed by atoms with Crippen molar-refractivity contribution in [3.8, 4) is 0 Å². The van der Waals surface area contributed by atoms with Gasteiger partial charge in [-0.1, -0.05) is 11.6 Å². The van der Waals surface area contributed by atoms with Crippen molar-refractivity contribution in [2.75, 3.05) is 13.1 Å². The number of carboxylic acid groups (broad SMARTS) is 1. The van der Waals surface area contributed by atoms with E-state index in [1.165, 1.54) is 0 Å². The molecule has 1 aromatic heterocycles. The lowest BCUT2D eigenvalue weighted by Gasteiger charge is -2.16. The van der Waals surface area contributed by atoms with E-state index in [1.54, 1.807) is 12.4 Å². The zero-order valence-electron chi connectivity index (χ0n) is 10.2. The molecule has 0 amide bonds. The maximum Gasteiger partial charge on any atom is 0.303 e. The Morgan fingerprint density at radius 1 is 1.61 bits per heavy atom. The van der Waals surface area contributed by atoms with Gasteiger partial charge in [0.15, 0.2) is 0 Å². The van der Waals surface area contributed by atoms with Crippen molar-refractivity contribution in [2.45, 2.75) is 25.8 Å². The second kappa shape index (κ2) is 6.16. The summed E-state index contributed by atoms with van der Waals surface area (Å²) in [7, 11) is 0. The van der Waals surface area contributed by atoms with Crippen LogP contribution in [0.5, 0.6) is 0 Å². The lowest BCUT2D eigenvalue weighted by molar-refractivity contribution is -0.137. The molecule has 0 aliphatic carbocycles. The molecule has 2 rings (SSSR count). The van der Waals surface area contributed by atoms with Crippen LogP contribution in [0.15, 0.2) is 18.5 Å². The molecule has 98 valence electrons. The van der Waals surface area contributed by atoms with Gasteiger partial charge in [0.2, 0.25) is 0 Å². The van der Waals surface area contributed by atoms with Crippen molar-refractivity contribution in [2.24, 2.45) is 5.92 Å². The molecule has 1 unspecified atom stereocenters. The number of carboxylic acids is 1. The molecule has 4 nitrogen and oxygen atoms in total. The first-order valence-electron chi connectivity index (χ1n) is 6.17. The van der Waals surface area contributed by atoms with Gasteiger partial charge < -0.3 is 5.11 Å². The minimum Gasteiger partial charge on any atom is -0.481 e. The van der Waals surface area contributed by atoms with E-state index < -0.39 is 5.97 Å². The average molecular weight is 269 g/mol. The van der Waals surface area contributed by atoms with E-state index in [-0.39, 0.29) is 6.42 Å². The molecule has 1 fully saturated rings. The van der Waals surface area contributed by atoms with Crippen molar-refractivity contribution < 1.29 is 9.90 Å². The van der Waals surface area contributed by atoms with Crippen molar-refractivity contribution in [1.29, 1.82) is 0 Å². The van der Waals surface area contributed by atoms with Crippen molar-refractivity contribution in [3.05, 3.63) is 29.0 Å². The number of pyridine rings is 1. The van der Waals surface area contributed by atoms with E-state index in [4.69, 9.17) is 16.7 Å². The van der Waals surface area contributed by atoms with E-state index in [0.29, 0.717) is 10.9 Å². The minimum absolute atomic E-state index is 0.272. The summed E-state index contributed by atoms with van der Waals surface area (Å²) in [6.07, 6.45) is 5.54. The molecule has 18 heavy (non-hydrogen) atoms. The van der Waals surface area contributed by atoms with Gasteiger partial charge in [0.1, 0.15) is 0 Å². The second-order valence-corrected chi connectivity index (χ2v) is 5.20. The Morgan fingerprint density at radius 2 is 2.44 bits per heavy atom. The molecule has 0 radical (unpaired) electrons. The Bertz CT molecular complexity index is 425. The summed E-state index contributed by atoms with van der Waals surface area (Å²) in [5.41, 5.74) is 1.09. The molecular weight excluding hydrogens is 252 g/mol. The van der Waals surface area contributed by atoms with E-state index in [2.05, 4.69) is 9.88 Å². The third-order valence-corrected chi connectivity index (χ3v) is 3.73.